The number of aliphatic imine (C=N–C) groups is 1. The monoisotopic (exact) mass is 540 g/mol. The van der Waals surface area contributed by atoms with Gasteiger partial charge in [0.2, 0.25) is 0 Å². The molecule has 200 valence electrons. The molecule has 3 atom stereocenters. The van der Waals surface area contributed by atoms with Crippen LogP contribution in [-0.4, -0.2) is 52.4 Å². The first-order valence-corrected chi connectivity index (χ1v) is 12.6. The zero-order valence-electron chi connectivity index (χ0n) is 20.4. The molecule has 1 aliphatic carbocycles. The lowest BCUT2D eigenvalue weighted by atomic mass is 9.80. The Hall–Kier alpha value is -3.06. The number of carbonyl (C=O) groups excluding carboxylic acids is 2. The van der Waals surface area contributed by atoms with Crippen LogP contribution in [0.25, 0.3) is 0 Å². The highest BCUT2D eigenvalue weighted by Crippen LogP contribution is 2.50. The minimum absolute atomic E-state index is 0.0295. The molecule has 0 spiro atoms. The molecule has 3 heterocycles. The van der Waals surface area contributed by atoms with Gasteiger partial charge in [-0.05, 0) is 51.5 Å². The number of aromatic nitrogens is 1. The molecule has 4 rings (SSSR count). The van der Waals surface area contributed by atoms with Crippen molar-refractivity contribution in [2.24, 2.45) is 16.8 Å². The van der Waals surface area contributed by atoms with Gasteiger partial charge in [0.25, 0.3) is 5.91 Å². The first kappa shape index (κ1) is 27.0. The maximum Gasteiger partial charge on any atom is 0.413 e. The van der Waals surface area contributed by atoms with Gasteiger partial charge >= 0.3 is 12.7 Å². The number of fused-ring (bicyclic) bond motifs is 1. The van der Waals surface area contributed by atoms with E-state index in [2.05, 4.69) is 25.3 Å². The van der Waals surface area contributed by atoms with E-state index in [-0.39, 0.29) is 28.9 Å². The predicted molar refractivity (Wildman–Crippen MR) is 130 cm³/mol. The fourth-order valence-corrected chi connectivity index (χ4v) is 5.45. The second-order valence-corrected chi connectivity index (χ2v) is 10.7. The SMILES string of the molecule is CC(C)(C)OC(=O)NC1=N[C@@]2(C3CC(NC(=O)c4ccc(OC(F)F)cn4)=CC=C3F)OCC[C@H]2CS1. The first-order valence-electron chi connectivity index (χ1n) is 11.6. The Morgan fingerprint density at radius 1 is 1.24 bits per heavy atom. The van der Waals surface area contributed by atoms with E-state index in [9.17, 15) is 18.4 Å². The molecule has 2 aliphatic heterocycles. The molecule has 0 bridgehead atoms. The molecular formula is C24H27F3N4O5S. The minimum Gasteiger partial charge on any atom is -0.444 e. The van der Waals surface area contributed by atoms with Crippen LogP contribution in [0.2, 0.25) is 0 Å². The normalized spacial score (nSPS) is 25.4. The first-order chi connectivity index (χ1) is 17.4. The van der Waals surface area contributed by atoms with Crippen LogP contribution in [0.3, 0.4) is 0 Å². The Morgan fingerprint density at radius 3 is 2.70 bits per heavy atom. The molecule has 1 unspecified atom stereocenters. The third-order valence-corrected chi connectivity index (χ3v) is 6.89. The highest BCUT2D eigenvalue weighted by molar-refractivity contribution is 8.13. The second-order valence-electron chi connectivity index (χ2n) is 9.65. The number of alkyl carbamates (subject to hydrolysis) is 1. The van der Waals surface area contributed by atoms with E-state index in [0.717, 1.165) is 6.20 Å². The van der Waals surface area contributed by atoms with E-state index in [4.69, 9.17) is 9.47 Å². The standard InChI is InChI=1S/C24H27F3N4O5S/c1-23(2,3)36-22(33)30-21-31-24(13(12-37-21)8-9-34-24)16-10-14(4-6-17(16)25)29-19(32)18-7-5-15(11-28-18)35-20(26)27/h4-7,11,13,16,20H,8-10,12H2,1-3H3,(H,29,32)(H,30,31,33)/t13-,16?,24+/m0/s1. The van der Waals surface area contributed by atoms with Gasteiger partial charge in [0, 0.05) is 23.8 Å². The molecule has 0 radical (unpaired) electrons. The van der Waals surface area contributed by atoms with Crippen molar-refractivity contribution in [3.05, 3.63) is 47.7 Å². The summed E-state index contributed by atoms with van der Waals surface area (Å²) in [5.41, 5.74) is -1.58. The minimum atomic E-state index is -3.01. The van der Waals surface area contributed by atoms with Gasteiger partial charge in [0.05, 0.1) is 18.7 Å². The molecular weight excluding hydrogens is 513 g/mol. The quantitative estimate of drug-likeness (QED) is 0.565. The van der Waals surface area contributed by atoms with Crippen LogP contribution in [0.4, 0.5) is 18.0 Å². The topological polar surface area (TPSA) is 111 Å². The molecule has 2 amide bonds. The Labute approximate surface area is 215 Å². The Kier molecular flexibility index (Phi) is 7.83. The van der Waals surface area contributed by atoms with Crippen LogP contribution in [0.1, 0.15) is 44.1 Å². The van der Waals surface area contributed by atoms with Gasteiger partial charge in [-0.3, -0.25) is 10.1 Å². The van der Waals surface area contributed by atoms with Crippen LogP contribution in [-0.2, 0) is 9.47 Å². The molecule has 1 aromatic rings. The van der Waals surface area contributed by atoms with Gasteiger partial charge in [-0.25, -0.2) is 19.2 Å². The Balaban J connectivity index is 1.49. The van der Waals surface area contributed by atoms with Crippen molar-refractivity contribution < 1.29 is 37.0 Å². The number of nitrogens with zero attached hydrogens (tertiary/aromatic N) is 2. The van der Waals surface area contributed by atoms with Crippen LogP contribution in [0.15, 0.2) is 47.0 Å². The number of allylic oxidation sites excluding steroid dienone is 3. The molecule has 2 N–H and O–H groups in total. The number of carbonyl (C=O) groups is 2. The largest absolute Gasteiger partial charge is 0.444 e. The summed E-state index contributed by atoms with van der Waals surface area (Å²) in [5, 5.41) is 5.59. The Morgan fingerprint density at radius 2 is 2.03 bits per heavy atom. The number of amidine groups is 1. The number of nitrogens with one attached hydrogen (secondary N) is 2. The molecule has 0 aromatic carbocycles. The molecule has 13 heteroatoms. The van der Waals surface area contributed by atoms with E-state index >= 15 is 4.39 Å². The fraction of sp³-hybridized carbons (Fsp3) is 0.500. The summed E-state index contributed by atoms with van der Waals surface area (Å²) in [4.78, 5) is 33.5. The van der Waals surface area contributed by atoms with Crippen LogP contribution in [0, 0.1) is 11.8 Å². The number of thioether (sulfide) groups is 1. The number of pyridine rings is 1. The molecule has 1 aromatic heterocycles. The van der Waals surface area contributed by atoms with Crippen molar-refractivity contribution >= 4 is 28.9 Å². The van der Waals surface area contributed by atoms with Gasteiger partial charge in [-0.2, -0.15) is 8.78 Å². The van der Waals surface area contributed by atoms with Gasteiger partial charge < -0.3 is 19.5 Å². The lowest BCUT2D eigenvalue weighted by Crippen LogP contribution is -2.49. The van der Waals surface area contributed by atoms with Crippen LogP contribution >= 0.6 is 11.8 Å². The molecule has 0 saturated carbocycles. The maximum absolute atomic E-state index is 15.2. The van der Waals surface area contributed by atoms with Gasteiger partial charge in [0.15, 0.2) is 10.9 Å². The number of halogens is 3. The number of hydrogen-bond donors (Lipinski definition) is 2. The van der Waals surface area contributed by atoms with E-state index in [1.54, 1.807) is 20.8 Å². The summed E-state index contributed by atoms with van der Waals surface area (Å²) in [7, 11) is 0. The third kappa shape index (κ3) is 6.45. The summed E-state index contributed by atoms with van der Waals surface area (Å²) in [6, 6.07) is 2.45. The summed E-state index contributed by atoms with van der Waals surface area (Å²) in [6.07, 6.45) is 3.79. The maximum atomic E-state index is 15.2. The van der Waals surface area contributed by atoms with E-state index < -0.39 is 41.7 Å². The number of amides is 2. The smallest absolute Gasteiger partial charge is 0.413 e. The van der Waals surface area contributed by atoms with Gasteiger partial charge in [-0.1, -0.05) is 11.8 Å². The fourth-order valence-electron chi connectivity index (χ4n) is 4.32. The van der Waals surface area contributed by atoms with Gasteiger partial charge in [-0.15, -0.1) is 0 Å². The predicted octanol–water partition coefficient (Wildman–Crippen LogP) is 4.53. The molecule has 37 heavy (non-hydrogen) atoms. The van der Waals surface area contributed by atoms with E-state index in [1.807, 2.05) is 0 Å². The summed E-state index contributed by atoms with van der Waals surface area (Å²) < 4.78 is 55.5. The van der Waals surface area contributed by atoms with E-state index in [0.29, 0.717) is 24.5 Å². The highest BCUT2D eigenvalue weighted by atomic mass is 32.2. The second kappa shape index (κ2) is 10.7. The van der Waals surface area contributed by atoms with Crippen molar-refractivity contribution in [3.8, 4) is 5.75 Å². The average Bonchev–Trinajstić information content (AvgIpc) is 3.23. The average molecular weight is 541 g/mol. The number of alkyl halides is 2. The lowest BCUT2D eigenvalue weighted by Gasteiger charge is -2.41. The summed E-state index contributed by atoms with van der Waals surface area (Å²) in [6.45, 7) is 2.59. The van der Waals surface area contributed by atoms with Crippen molar-refractivity contribution in [2.75, 3.05) is 12.4 Å². The third-order valence-electron chi connectivity index (χ3n) is 5.86. The number of hydrogen-bond acceptors (Lipinski definition) is 8. The lowest BCUT2D eigenvalue weighted by molar-refractivity contribution is -0.0534. The molecule has 1 saturated heterocycles. The van der Waals surface area contributed by atoms with Crippen LogP contribution < -0.4 is 15.4 Å². The molecule has 9 nitrogen and oxygen atoms in total. The number of rotatable bonds is 5. The van der Waals surface area contributed by atoms with Crippen LogP contribution in [0.5, 0.6) is 5.75 Å². The zero-order valence-corrected chi connectivity index (χ0v) is 21.2. The summed E-state index contributed by atoms with van der Waals surface area (Å²) >= 11 is 1.34. The van der Waals surface area contributed by atoms with Crippen molar-refractivity contribution in [1.29, 1.82) is 0 Å². The zero-order chi connectivity index (χ0) is 26.8. The van der Waals surface area contributed by atoms with E-state index in [1.165, 1.54) is 36.0 Å². The molecule has 3 aliphatic rings. The highest BCUT2D eigenvalue weighted by Gasteiger charge is 2.54. The summed E-state index contributed by atoms with van der Waals surface area (Å²) in [5.74, 6) is -1.62. The van der Waals surface area contributed by atoms with Gasteiger partial charge in [0.1, 0.15) is 22.9 Å². The van der Waals surface area contributed by atoms with Crippen molar-refractivity contribution in [1.82, 2.24) is 15.6 Å². The van der Waals surface area contributed by atoms with Crippen molar-refractivity contribution in [3.63, 3.8) is 0 Å². The van der Waals surface area contributed by atoms with Crippen molar-refractivity contribution in [2.45, 2.75) is 51.6 Å². The molecule has 1 fully saturated rings. The Bertz CT molecular complexity index is 1140. The number of ether oxygens (including phenoxy) is 3.